The largest absolute Gasteiger partial charge is 0.246 e. The van der Waals surface area contributed by atoms with Crippen molar-refractivity contribution in [1.29, 1.82) is 0 Å². The molecule has 0 spiro atoms. The molecule has 0 unspecified atom stereocenters. The average Bonchev–Trinajstić information content (AvgIpc) is 2.80. The van der Waals surface area contributed by atoms with Crippen LogP contribution in [0.2, 0.25) is 0 Å². The van der Waals surface area contributed by atoms with Gasteiger partial charge in [-0.1, -0.05) is 22.9 Å². The summed E-state index contributed by atoms with van der Waals surface area (Å²) in [4.78, 5) is 0.591. The number of hydrogen-bond acceptors (Lipinski definition) is 3. The van der Waals surface area contributed by atoms with E-state index in [1.165, 1.54) is 27.8 Å². The first-order valence-corrected chi connectivity index (χ1v) is 9.88. The molecule has 3 nitrogen and oxygen atoms in total. The summed E-state index contributed by atoms with van der Waals surface area (Å²) in [5.74, 6) is -0.754. The van der Waals surface area contributed by atoms with Gasteiger partial charge < -0.3 is 0 Å². The number of benzene rings is 1. The van der Waals surface area contributed by atoms with Crippen molar-refractivity contribution in [3.05, 3.63) is 49.3 Å². The Bertz CT molecular complexity index is 746. The summed E-state index contributed by atoms with van der Waals surface area (Å²) in [6.07, 6.45) is 0. The molecule has 8 heteroatoms. The fourth-order valence-corrected chi connectivity index (χ4v) is 5.19. The Kier molecular flexibility index (Phi) is 5.59. The third-order valence-corrected chi connectivity index (χ3v) is 6.88. The Hall–Kier alpha value is -0.280. The first-order chi connectivity index (χ1) is 9.84. The van der Waals surface area contributed by atoms with E-state index in [0.29, 0.717) is 4.47 Å². The highest BCUT2D eigenvalue weighted by Gasteiger charge is 2.26. The van der Waals surface area contributed by atoms with Gasteiger partial charge in [-0.05, 0) is 46.3 Å². The minimum absolute atomic E-state index is 0.227. The molecule has 0 aliphatic carbocycles. The molecule has 21 heavy (non-hydrogen) atoms. The molecule has 0 saturated heterocycles. The molecule has 2 aromatic rings. The van der Waals surface area contributed by atoms with Crippen LogP contribution in [0.1, 0.15) is 11.8 Å². The summed E-state index contributed by atoms with van der Waals surface area (Å²) in [7, 11) is -3.86. The maximum atomic E-state index is 13.9. The van der Waals surface area contributed by atoms with Gasteiger partial charge in [0.15, 0.2) is 0 Å². The zero-order valence-corrected chi connectivity index (χ0v) is 15.8. The van der Waals surface area contributed by atoms with Gasteiger partial charge in [0.2, 0.25) is 10.0 Å². The van der Waals surface area contributed by atoms with Crippen LogP contribution >= 0.6 is 43.2 Å². The van der Waals surface area contributed by atoms with Crippen LogP contribution in [-0.2, 0) is 16.6 Å². The summed E-state index contributed by atoms with van der Waals surface area (Å²) in [6, 6.07) is 7.67. The van der Waals surface area contributed by atoms with E-state index in [9.17, 15) is 12.8 Å². The van der Waals surface area contributed by atoms with Gasteiger partial charge in [-0.25, -0.2) is 12.8 Å². The lowest BCUT2D eigenvalue weighted by molar-refractivity contribution is 0.422. The molecular weight excluding hydrogens is 445 g/mol. The van der Waals surface area contributed by atoms with Crippen LogP contribution in [0, 0.1) is 5.82 Å². The Morgan fingerprint density at radius 3 is 2.48 bits per heavy atom. The number of sulfonamides is 1. The molecule has 0 amide bonds. The van der Waals surface area contributed by atoms with Gasteiger partial charge in [0.1, 0.15) is 10.7 Å². The second-order valence-electron chi connectivity index (χ2n) is 4.21. The Labute approximate surface area is 144 Å². The number of rotatable bonds is 5. The van der Waals surface area contributed by atoms with E-state index < -0.39 is 15.8 Å². The summed E-state index contributed by atoms with van der Waals surface area (Å²) in [6.45, 7) is 2.23. The maximum absolute atomic E-state index is 13.9. The zero-order valence-electron chi connectivity index (χ0n) is 11.0. The van der Waals surface area contributed by atoms with Crippen LogP contribution in [0.5, 0.6) is 0 Å². The lowest BCUT2D eigenvalue weighted by Crippen LogP contribution is -2.30. The van der Waals surface area contributed by atoms with Crippen molar-refractivity contribution in [3.63, 3.8) is 0 Å². The maximum Gasteiger partial charge on any atom is 0.246 e. The number of thiophene rings is 1. The molecule has 0 N–H and O–H groups in total. The second kappa shape index (κ2) is 6.87. The molecule has 2 rings (SSSR count). The molecule has 114 valence electrons. The molecule has 0 saturated carbocycles. The smallest absolute Gasteiger partial charge is 0.207 e. The Morgan fingerprint density at radius 2 is 1.95 bits per heavy atom. The predicted octanol–water partition coefficient (Wildman–Crippen LogP) is 4.62. The molecule has 0 bridgehead atoms. The van der Waals surface area contributed by atoms with Crippen molar-refractivity contribution < 1.29 is 12.8 Å². The summed E-state index contributed by atoms with van der Waals surface area (Å²) < 4.78 is 41.8. The van der Waals surface area contributed by atoms with Crippen molar-refractivity contribution >= 4 is 53.2 Å². The molecule has 0 radical (unpaired) electrons. The van der Waals surface area contributed by atoms with Gasteiger partial charge in [0, 0.05) is 22.4 Å². The molecule has 0 atom stereocenters. The van der Waals surface area contributed by atoms with E-state index in [1.807, 2.05) is 12.1 Å². The van der Waals surface area contributed by atoms with Crippen LogP contribution in [0.3, 0.4) is 0 Å². The zero-order chi connectivity index (χ0) is 15.6. The van der Waals surface area contributed by atoms with Crippen LogP contribution in [0.15, 0.2) is 43.5 Å². The van der Waals surface area contributed by atoms with E-state index in [4.69, 9.17) is 0 Å². The minimum Gasteiger partial charge on any atom is -0.207 e. The topological polar surface area (TPSA) is 37.4 Å². The Balaban J connectivity index is 2.35. The van der Waals surface area contributed by atoms with Gasteiger partial charge in [-0.15, -0.1) is 11.3 Å². The van der Waals surface area contributed by atoms with Gasteiger partial charge >= 0.3 is 0 Å². The molecule has 1 aromatic heterocycles. The normalized spacial score (nSPS) is 12.0. The number of hydrogen-bond donors (Lipinski definition) is 0. The van der Waals surface area contributed by atoms with Crippen LogP contribution in [0.25, 0.3) is 0 Å². The summed E-state index contributed by atoms with van der Waals surface area (Å²) in [5, 5.41) is 0. The van der Waals surface area contributed by atoms with Crippen LogP contribution in [-0.4, -0.2) is 19.3 Å². The van der Waals surface area contributed by atoms with Gasteiger partial charge in [-0.2, -0.15) is 4.31 Å². The highest BCUT2D eigenvalue weighted by molar-refractivity contribution is 9.11. The molecule has 0 aliphatic heterocycles. The first kappa shape index (κ1) is 17.1. The quantitative estimate of drug-likeness (QED) is 0.658. The lowest BCUT2D eigenvalue weighted by atomic mass is 10.3. The SMILES string of the molecule is CCN(Cc1ccc(Br)s1)S(=O)(=O)c1ccc(Br)cc1F. The van der Waals surface area contributed by atoms with Crippen molar-refractivity contribution in [2.45, 2.75) is 18.4 Å². The highest BCUT2D eigenvalue weighted by Crippen LogP contribution is 2.27. The predicted molar refractivity (Wildman–Crippen MR) is 89.4 cm³/mol. The second-order valence-corrected chi connectivity index (χ2v) is 9.58. The average molecular weight is 457 g/mol. The third-order valence-electron chi connectivity index (χ3n) is 2.83. The molecule has 0 aliphatic rings. The summed E-state index contributed by atoms with van der Waals surface area (Å²) in [5.41, 5.74) is 0. The fraction of sp³-hybridized carbons (Fsp3) is 0.231. The van der Waals surface area contributed by atoms with Gasteiger partial charge in [-0.3, -0.25) is 0 Å². The van der Waals surface area contributed by atoms with Crippen molar-refractivity contribution in [2.75, 3.05) is 6.54 Å². The van der Waals surface area contributed by atoms with E-state index in [1.54, 1.807) is 6.92 Å². The van der Waals surface area contributed by atoms with E-state index in [-0.39, 0.29) is 18.0 Å². The minimum atomic E-state index is -3.86. The van der Waals surface area contributed by atoms with Crippen LogP contribution < -0.4 is 0 Å². The monoisotopic (exact) mass is 455 g/mol. The summed E-state index contributed by atoms with van der Waals surface area (Å²) >= 11 is 7.92. The van der Waals surface area contributed by atoms with Crippen molar-refractivity contribution in [1.82, 2.24) is 4.31 Å². The number of nitrogens with zero attached hydrogens (tertiary/aromatic N) is 1. The molecule has 1 heterocycles. The Morgan fingerprint density at radius 1 is 1.24 bits per heavy atom. The van der Waals surface area contributed by atoms with E-state index in [0.717, 1.165) is 14.7 Å². The third kappa shape index (κ3) is 3.92. The van der Waals surface area contributed by atoms with Crippen molar-refractivity contribution in [3.8, 4) is 0 Å². The molecule has 0 fully saturated rings. The van der Waals surface area contributed by atoms with Crippen molar-refractivity contribution in [2.24, 2.45) is 0 Å². The van der Waals surface area contributed by atoms with E-state index >= 15 is 0 Å². The van der Waals surface area contributed by atoms with E-state index in [2.05, 4.69) is 31.9 Å². The fourth-order valence-electron chi connectivity index (χ4n) is 1.80. The van der Waals surface area contributed by atoms with Gasteiger partial charge in [0.05, 0.1) is 3.79 Å². The molecular formula is C13H12Br2FNO2S2. The van der Waals surface area contributed by atoms with Crippen LogP contribution in [0.4, 0.5) is 4.39 Å². The lowest BCUT2D eigenvalue weighted by Gasteiger charge is -2.20. The highest BCUT2D eigenvalue weighted by atomic mass is 79.9. The molecule has 1 aromatic carbocycles. The number of halogens is 3. The standard InChI is InChI=1S/C13H12Br2FNO2S2/c1-2-17(8-10-4-6-13(15)20-10)21(18,19)12-5-3-9(14)7-11(12)16/h3-7H,2,8H2,1H3. The van der Waals surface area contributed by atoms with Gasteiger partial charge in [0.25, 0.3) is 0 Å². The first-order valence-electron chi connectivity index (χ1n) is 6.04.